The van der Waals surface area contributed by atoms with Gasteiger partial charge in [-0.3, -0.25) is 4.55 Å². The maximum Gasteiger partial charge on any atom is 0.267 e. The van der Waals surface area contributed by atoms with Crippen LogP contribution in [0.15, 0.2) is 30.3 Å². The normalized spacial score (nSPS) is 15.5. The molecule has 0 amide bonds. The van der Waals surface area contributed by atoms with Crippen molar-refractivity contribution in [3.05, 3.63) is 35.9 Å². The molecule has 0 aromatic heterocycles. The Bertz CT molecular complexity index is 435. The van der Waals surface area contributed by atoms with Gasteiger partial charge in [-0.1, -0.05) is 30.3 Å². The lowest BCUT2D eigenvalue weighted by Gasteiger charge is -2.15. The summed E-state index contributed by atoms with van der Waals surface area (Å²) in [6.45, 7) is 1.74. The van der Waals surface area contributed by atoms with Gasteiger partial charge in [-0.05, 0) is 12.5 Å². The van der Waals surface area contributed by atoms with Crippen molar-refractivity contribution in [3.63, 3.8) is 0 Å². The highest BCUT2D eigenvalue weighted by atomic mass is 32.2. The van der Waals surface area contributed by atoms with E-state index in [1.165, 1.54) is 0 Å². The highest BCUT2D eigenvalue weighted by Crippen LogP contribution is 2.11. The summed E-state index contributed by atoms with van der Waals surface area (Å²) in [5.41, 5.74) is 0.992. The van der Waals surface area contributed by atoms with Crippen molar-refractivity contribution < 1.29 is 17.4 Å². The fraction of sp³-hybridized carbons (Fsp3) is 0.455. The molecule has 6 heteroatoms. The number of benzene rings is 1. The summed E-state index contributed by atoms with van der Waals surface area (Å²) in [6, 6.07) is 9.35. The first-order valence-electron chi connectivity index (χ1n) is 5.26. The number of halogens is 1. The molecule has 2 N–H and O–H groups in total. The van der Waals surface area contributed by atoms with Gasteiger partial charge < -0.3 is 5.32 Å². The van der Waals surface area contributed by atoms with Crippen molar-refractivity contribution in [2.75, 3.05) is 12.3 Å². The molecule has 0 fully saturated rings. The molecular weight excluding hydrogens is 245 g/mol. The molecule has 1 rings (SSSR count). The van der Waals surface area contributed by atoms with E-state index < -0.39 is 22.0 Å². The quantitative estimate of drug-likeness (QED) is 0.763. The topological polar surface area (TPSA) is 66.4 Å². The molecule has 4 nitrogen and oxygen atoms in total. The van der Waals surface area contributed by atoms with E-state index in [-0.39, 0.29) is 12.6 Å². The van der Waals surface area contributed by atoms with Crippen LogP contribution in [0.5, 0.6) is 0 Å². The van der Waals surface area contributed by atoms with Crippen molar-refractivity contribution >= 4 is 10.1 Å². The van der Waals surface area contributed by atoms with Crippen LogP contribution in [0, 0.1) is 0 Å². The minimum absolute atomic E-state index is 0.0733. The van der Waals surface area contributed by atoms with Gasteiger partial charge >= 0.3 is 0 Å². The largest absolute Gasteiger partial charge is 0.307 e. The van der Waals surface area contributed by atoms with Gasteiger partial charge in [0, 0.05) is 12.6 Å². The van der Waals surface area contributed by atoms with Crippen LogP contribution in [-0.4, -0.2) is 31.4 Å². The van der Waals surface area contributed by atoms with E-state index in [1.807, 2.05) is 37.3 Å². The summed E-state index contributed by atoms with van der Waals surface area (Å²) in [7, 11) is -4.25. The van der Waals surface area contributed by atoms with Crippen molar-refractivity contribution in [2.45, 2.75) is 19.1 Å². The van der Waals surface area contributed by atoms with Gasteiger partial charge in [-0.15, -0.1) is 0 Å². The molecule has 17 heavy (non-hydrogen) atoms. The third kappa shape index (κ3) is 5.76. The fourth-order valence-corrected chi connectivity index (χ4v) is 2.03. The van der Waals surface area contributed by atoms with Gasteiger partial charge in [0.15, 0.2) is 0 Å². The molecule has 0 saturated carbocycles. The number of hydrogen-bond donors (Lipinski definition) is 2. The van der Waals surface area contributed by atoms with Gasteiger partial charge in [-0.25, -0.2) is 4.39 Å². The number of rotatable bonds is 6. The van der Waals surface area contributed by atoms with E-state index >= 15 is 0 Å². The van der Waals surface area contributed by atoms with E-state index in [0.717, 1.165) is 5.56 Å². The van der Waals surface area contributed by atoms with Crippen LogP contribution in [-0.2, 0) is 10.1 Å². The van der Waals surface area contributed by atoms with Crippen LogP contribution in [0.1, 0.15) is 18.5 Å². The summed E-state index contributed by atoms with van der Waals surface area (Å²) in [6.07, 6.45) is -1.61. The van der Waals surface area contributed by atoms with Gasteiger partial charge in [0.2, 0.25) is 0 Å². The molecule has 2 atom stereocenters. The lowest BCUT2D eigenvalue weighted by molar-refractivity contribution is 0.327. The maximum atomic E-state index is 13.2. The van der Waals surface area contributed by atoms with Crippen LogP contribution in [0.3, 0.4) is 0 Å². The Morgan fingerprint density at radius 2 is 1.94 bits per heavy atom. The molecule has 96 valence electrons. The minimum atomic E-state index is -4.25. The summed E-state index contributed by atoms with van der Waals surface area (Å²) < 4.78 is 42.5. The molecule has 0 aliphatic carbocycles. The van der Waals surface area contributed by atoms with Crippen molar-refractivity contribution in [1.29, 1.82) is 0 Å². The predicted molar refractivity (Wildman–Crippen MR) is 64.2 cm³/mol. The molecule has 1 unspecified atom stereocenters. The van der Waals surface area contributed by atoms with Crippen LogP contribution in [0.2, 0.25) is 0 Å². The summed E-state index contributed by atoms with van der Waals surface area (Å²) in [5, 5.41) is 2.87. The Labute approximate surface area is 101 Å². The monoisotopic (exact) mass is 261 g/mol. The van der Waals surface area contributed by atoms with Gasteiger partial charge in [0.25, 0.3) is 10.1 Å². The highest BCUT2D eigenvalue weighted by molar-refractivity contribution is 7.85. The van der Waals surface area contributed by atoms with E-state index in [4.69, 9.17) is 4.55 Å². The van der Waals surface area contributed by atoms with Crippen molar-refractivity contribution in [1.82, 2.24) is 5.32 Å². The summed E-state index contributed by atoms with van der Waals surface area (Å²) in [4.78, 5) is 0. The van der Waals surface area contributed by atoms with Crippen LogP contribution in [0.4, 0.5) is 4.39 Å². The van der Waals surface area contributed by atoms with Gasteiger partial charge in [-0.2, -0.15) is 8.42 Å². The van der Waals surface area contributed by atoms with Crippen molar-refractivity contribution in [2.24, 2.45) is 0 Å². The van der Waals surface area contributed by atoms with Crippen LogP contribution in [0.25, 0.3) is 0 Å². The molecule has 1 aromatic rings. The maximum absolute atomic E-state index is 13.2. The second-order valence-electron chi connectivity index (χ2n) is 3.89. The lowest BCUT2D eigenvalue weighted by atomic mass is 10.1. The molecule has 0 bridgehead atoms. The molecule has 1 aromatic carbocycles. The first-order valence-corrected chi connectivity index (χ1v) is 6.87. The Kier molecular flexibility index (Phi) is 5.04. The Morgan fingerprint density at radius 1 is 1.35 bits per heavy atom. The molecular formula is C11H16FNO3S. The number of hydrogen-bond acceptors (Lipinski definition) is 3. The lowest BCUT2D eigenvalue weighted by Crippen LogP contribution is -2.31. The third-order valence-corrected chi connectivity index (χ3v) is 3.12. The zero-order valence-corrected chi connectivity index (χ0v) is 10.3. The first-order chi connectivity index (χ1) is 7.88. The third-order valence-electron chi connectivity index (χ3n) is 2.34. The average molecular weight is 261 g/mol. The van der Waals surface area contributed by atoms with E-state index in [0.29, 0.717) is 0 Å². The Morgan fingerprint density at radius 3 is 2.47 bits per heavy atom. The smallest absolute Gasteiger partial charge is 0.267 e. The average Bonchev–Trinajstić information content (AvgIpc) is 2.25. The number of nitrogens with one attached hydrogen (secondary N) is 1. The Balaban J connectivity index is 2.41. The summed E-state index contributed by atoms with van der Waals surface area (Å²) >= 11 is 0. The van der Waals surface area contributed by atoms with Crippen LogP contribution >= 0.6 is 0 Å². The van der Waals surface area contributed by atoms with Crippen molar-refractivity contribution in [3.8, 4) is 0 Å². The molecule has 0 aliphatic heterocycles. The van der Waals surface area contributed by atoms with E-state index in [2.05, 4.69) is 5.32 Å². The fourth-order valence-electron chi connectivity index (χ4n) is 1.45. The molecule has 0 saturated heterocycles. The van der Waals surface area contributed by atoms with E-state index in [9.17, 15) is 12.8 Å². The second kappa shape index (κ2) is 6.09. The molecule has 0 radical (unpaired) electrons. The van der Waals surface area contributed by atoms with Gasteiger partial charge in [0.05, 0.1) is 0 Å². The second-order valence-corrected chi connectivity index (χ2v) is 5.38. The number of alkyl halides is 1. The van der Waals surface area contributed by atoms with Gasteiger partial charge in [0.1, 0.15) is 11.9 Å². The Hall–Kier alpha value is -0.980. The zero-order valence-electron chi connectivity index (χ0n) is 9.51. The predicted octanol–water partition coefficient (Wildman–Crippen LogP) is 1.56. The molecule has 0 spiro atoms. The molecule has 0 aliphatic rings. The van der Waals surface area contributed by atoms with Crippen LogP contribution < -0.4 is 5.32 Å². The zero-order chi connectivity index (χ0) is 12.9. The minimum Gasteiger partial charge on any atom is -0.307 e. The first kappa shape index (κ1) is 14.1. The van der Waals surface area contributed by atoms with E-state index in [1.54, 1.807) is 0 Å². The molecule has 0 heterocycles. The highest BCUT2D eigenvalue weighted by Gasteiger charge is 2.16. The standard InChI is InChI=1S/C11H16FNO3S/c1-9(10-5-3-2-4-6-10)13-7-11(12)8-17(14,15)16/h2-6,9,11,13H,7-8H2,1H3,(H,14,15,16)/t9-,11?/m1/s1. The SMILES string of the molecule is C[C@@H](NCC(F)CS(=O)(=O)O)c1ccccc1. The summed E-state index contributed by atoms with van der Waals surface area (Å²) in [5.74, 6) is -0.874.